The molecule has 0 saturated carbocycles. The fraction of sp³-hybridized carbons (Fsp3) is 0.105. The van der Waals surface area contributed by atoms with E-state index < -0.39 is 5.92 Å². The minimum absolute atomic E-state index is 0.0608. The molecule has 0 N–H and O–H groups in total. The lowest BCUT2D eigenvalue weighted by Gasteiger charge is -2.13. The van der Waals surface area contributed by atoms with Crippen LogP contribution in [0.2, 0.25) is 0 Å². The Morgan fingerprint density at radius 1 is 0.957 bits per heavy atom. The predicted molar refractivity (Wildman–Crippen MR) is 85.4 cm³/mol. The molecule has 0 bridgehead atoms. The summed E-state index contributed by atoms with van der Waals surface area (Å²) in [5.41, 5.74) is 1.05. The van der Waals surface area contributed by atoms with Gasteiger partial charge in [-0.2, -0.15) is 0 Å². The van der Waals surface area contributed by atoms with Crippen molar-refractivity contribution in [1.29, 1.82) is 0 Å². The van der Waals surface area contributed by atoms with Gasteiger partial charge in [-0.15, -0.1) is 0 Å². The van der Waals surface area contributed by atoms with Crippen LogP contribution in [0.5, 0.6) is 0 Å². The zero-order valence-corrected chi connectivity index (χ0v) is 12.4. The van der Waals surface area contributed by atoms with Gasteiger partial charge in [-0.25, -0.2) is 0 Å². The van der Waals surface area contributed by atoms with Crippen LogP contribution in [0.15, 0.2) is 77.7 Å². The molecule has 23 heavy (non-hydrogen) atoms. The van der Waals surface area contributed by atoms with Gasteiger partial charge in [-0.05, 0) is 24.3 Å². The molecule has 0 aliphatic heterocycles. The SMILES string of the molecule is O=C(CC(C(=O)c1cccnc1)c1ccco1)c1ccccc1. The zero-order valence-electron chi connectivity index (χ0n) is 12.4. The summed E-state index contributed by atoms with van der Waals surface area (Å²) in [5.74, 6) is -0.424. The molecular formula is C19H15NO3. The number of carbonyl (C=O) groups is 2. The van der Waals surface area contributed by atoms with Gasteiger partial charge in [-0.1, -0.05) is 30.3 Å². The molecule has 0 spiro atoms. The minimum Gasteiger partial charge on any atom is -0.469 e. The highest BCUT2D eigenvalue weighted by Gasteiger charge is 2.27. The Bertz CT molecular complexity index is 780. The van der Waals surface area contributed by atoms with Crippen molar-refractivity contribution in [3.05, 3.63) is 90.1 Å². The summed E-state index contributed by atoms with van der Waals surface area (Å²) in [6.07, 6.45) is 4.68. The summed E-state index contributed by atoms with van der Waals surface area (Å²) in [6.45, 7) is 0. The van der Waals surface area contributed by atoms with Gasteiger partial charge in [-0.3, -0.25) is 14.6 Å². The molecule has 2 heterocycles. The van der Waals surface area contributed by atoms with Crippen molar-refractivity contribution in [1.82, 2.24) is 4.98 Å². The first-order valence-corrected chi connectivity index (χ1v) is 7.31. The molecule has 1 aromatic carbocycles. The molecule has 0 saturated heterocycles. The second kappa shape index (κ2) is 6.83. The Balaban J connectivity index is 1.88. The molecule has 0 fully saturated rings. The topological polar surface area (TPSA) is 60.2 Å². The third-order valence-corrected chi connectivity index (χ3v) is 3.63. The molecule has 1 unspecified atom stereocenters. The number of hydrogen-bond donors (Lipinski definition) is 0. The van der Waals surface area contributed by atoms with E-state index in [4.69, 9.17) is 4.42 Å². The molecule has 3 aromatic rings. The van der Waals surface area contributed by atoms with Crippen LogP contribution < -0.4 is 0 Å². The second-order valence-electron chi connectivity index (χ2n) is 5.17. The molecular weight excluding hydrogens is 290 g/mol. The molecule has 0 amide bonds. The highest BCUT2D eigenvalue weighted by atomic mass is 16.3. The van der Waals surface area contributed by atoms with Crippen molar-refractivity contribution in [2.45, 2.75) is 12.3 Å². The van der Waals surface area contributed by atoms with Gasteiger partial charge in [0.1, 0.15) is 5.76 Å². The summed E-state index contributed by atoms with van der Waals surface area (Å²) in [6, 6.07) is 15.8. The normalized spacial score (nSPS) is 11.8. The van der Waals surface area contributed by atoms with Gasteiger partial charge in [0, 0.05) is 29.9 Å². The first-order valence-electron chi connectivity index (χ1n) is 7.31. The van der Waals surface area contributed by atoms with E-state index in [9.17, 15) is 9.59 Å². The van der Waals surface area contributed by atoms with Crippen molar-refractivity contribution >= 4 is 11.6 Å². The van der Waals surface area contributed by atoms with Crippen LogP contribution in [-0.4, -0.2) is 16.6 Å². The summed E-state index contributed by atoms with van der Waals surface area (Å²) < 4.78 is 5.38. The lowest BCUT2D eigenvalue weighted by molar-refractivity contribution is 0.0883. The molecule has 0 aliphatic rings. The first-order chi connectivity index (χ1) is 11.3. The Labute approximate surface area is 133 Å². The van der Waals surface area contributed by atoms with Crippen molar-refractivity contribution < 1.29 is 14.0 Å². The second-order valence-corrected chi connectivity index (χ2v) is 5.17. The quantitative estimate of drug-likeness (QED) is 0.648. The van der Waals surface area contributed by atoms with Crippen LogP contribution in [0.1, 0.15) is 38.8 Å². The van der Waals surface area contributed by atoms with E-state index in [0.717, 1.165) is 0 Å². The molecule has 4 heteroatoms. The monoisotopic (exact) mass is 305 g/mol. The van der Waals surface area contributed by atoms with Crippen LogP contribution in [0, 0.1) is 0 Å². The van der Waals surface area contributed by atoms with E-state index in [1.165, 1.54) is 12.5 Å². The van der Waals surface area contributed by atoms with Gasteiger partial charge < -0.3 is 4.42 Å². The van der Waals surface area contributed by atoms with E-state index in [2.05, 4.69) is 4.98 Å². The number of rotatable bonds is 6. The van der Waals surface area contributed by atoms with Crippen molar-refractivity contribution in [2.24, 2.45) is 0 Å². The highest BCUT2D eigenvalue weighted by Crippen LogP contribution is 2.26. The number of ketones is 2. The van der Waals surface area contributed by atoms with Crippen molar-refractivity contribution in [3.63, 3.8) is 0 Å². The molecule has 0 radical (unpaired) electrons. The maximum absolute atomic E-state index is 12.8. The van der Waals surface area contributed by atoms with Crippen LogP contribution >= 0.6 is 0 Å². The number of aromatic nitrogens is 1. The Hall–Kier alpha value is -3.01. The Kier molecular flexibility index (Phi) is 4.43. The predicted octanol–water partition coefficient (Wildman–Crippen LogP) is 3.91. The van der Waals surface area contributed by atoms with E-state index in [1.54, 1.807) is 54.7 Å². The number of benzene rings is 1. The lowest BCUT2D eigenvalue weighted by Crippen LogP contribution is -2.17. The van der Waals surface area contributed by atoms with Crippen LogP contribution in [0.3, 0.4) is 0 Å². The van der Waals surface area contributed by atoms with E-state index >= 15 is 0 Å². The zero-order chi connectivity index (χ0) is 16.1. The third-order valence-electron chi connectivity index (χ3n) is 3.63. The van der Waals surface area contributed by atoms with Crippen LogP contribution in [0.4, 0.5) is 0 Å². The number of Topliss-reactive ketones (excluding diaryl/α,β-unsaturated/α-hetero) is 2. The molecule has 4 nitrogen and oxygen atoms in total. The standard InChI is InChI=1S/C19H15NO3/c21-17(14-6-2-1-3-7-14)12-16(18-9-5-11-23-18)19(22)15-8-4-10-20-13-15/h1-11,13,16H,12H2. The fourth-order valence-corrected chi connectivity index (χ4v) is 2.45. The van der Waals surface area contributed by atoms with Gasteiger partial charge in [0.2, 0.25) is 0 Å². The lowest BCUT2D eigenvalue weighted by atomic mass is 9.89. The Morgan fingerprint density at radius 2 is 1.74 bits per heavy atom. The van der Waals surface area contributed by atoms with Crippen LogP contribution in [0.25, 0.3) is 0 Å². The van der Waals surface area contributed by atoms with E-state index in [-0.39, 0.29) is 18.0 Å². The summed E-state index contributed by atoms with van der Waals surface area (Å²) in [4.78, 5) is 29.2. The van der Waals surface area contributed by atoms with Gasteiger partial charge >= 0.3 is 0 Å². The number of carbonyl (C=O) groups excluding carboxylic acids is 2. The molecule has 114 valence electrons. The molecule has 1 atom stereocenters. The molecule has 3 rings (SSSR count). The van der Waals surface area contributed by atoms with Gasteiger partial charge in [0.05, 0.1) is 12.2 Å². The third kappa shape index (κ3) is 3.43. The summed E-state index contributed by atoms with van der Waals surface area (Å²) in [5, 5.41) is 0. The number of nitrogens with zero attached hydrogens (tertiary/aromatic N) is 1. The maximum Gasteiger partial charge on any atom is 0.175 e. The smallest absolute Gasteiger partial charge is 0.175 e. The van der Waals surface area contributed by atoms with Crippen molar-refractivity contribution in [2.75, 3.05) is 0 Å². The first kappa shape index (κ1) is 14.9. The largest absolute Gasteiger partial charge is 0.469 e. The maximum atomic E-state index is 12.8. The highest BCUT2D eigenvalue weighted by molar-refractivity contribution is 6.05. The minimum atomic E-state index is -0.651. The fourth-order valence-electron chi connectivity index (χ4n) is 2.45. The molecule has 0 aliphatic carbocycles. The summed E-state index contributed by atoms with van der Waals surface area (Å²) in [7, 11) is 0. The van der Waals surface area contributed by atoms with Gasteiger partial charge in [0.25, 0.3) is 0 Å². The van der Waals surface area contributed by atoms with Crippen molar-refractivity contribution in [3.8, 4) is 0 Å². The van der Waals surface area contributed by atoms with Gasteiger partial charge in [0.15, 0.2) is 11.6 Å². The van der Waals surface area contributed by atoms with E-state index in [1.807, 2.05) is 6.07 Å². The van der Waals surface area contributed by atoms with Crippen LogP contribution in [-0.2, 0) is 0 Å². The average Bonchev–Trinajstić information content (AvgIpc) is 3.15. The number of hydrogen-bond acceptors (Lipinski definition) is 4. The van der Waals surface area contributed by atoms with E-state index in [0.29, 0.717) is 16.9 Å². The Morgan fingerprint density at radius 3 is 2.39 bits per heavy atom. The number of pyridine rings is 1. The average molecular weight is 305 g/mol. The summed E-state index contributed by atoms with van der Waals surface area (Å²) >= 11 is 0. The number of furan rings is 1. The molecule has 2 aromatic heterocycles.